The summed E-state index contributed by atoms with van der Waals surface area (Å²) in [6, 6.07) is 15.3. The fourth-order valence-electron chi connectivity index (χ4n) is 2.29. The molecule has 0 bridgehead atoms. The van der Waals surface area contributed by atoms with Crippen LogP contribution in [0.15, 0.2) is 53.3 Å². The Kier molecular flexibility index (Phi) is 4.48. The summed E-state index contributed by atoms with van der Waals surface area (Å²) >= 11 is 5.85. The van der Waals surface area contributed by atoms with E-state index >= 15 is 0 Å². The van der Waals surface area contributed by atoms with Gasteiger partial charge in [-0.15, -0.1) is 0 Å². The fraction of sp³-hybridized carbons (Fsp3) is 0.176. The number of aryl methyl sites for hydroxylation is 1. The average Bonchev–Trinajstić information content (AvgIpc) is 2.89. The highest BCUT2D eigenvalue weighted by Crippen LogP contribution is 2.13. The number of halogens is 1. The number of hydrogen-bond acceptors (Lipinski definition) is 3. The minimum atomic E-state index is -0.207. The van der Waals surface area contributed by atoms with Crippen LogP contribution in [0.2, 0.25) is 5.02 Å². The van der Waals surface area contributed by atoms with Crippen molar-refractivity contribution in [2.45, 2.75) is 20.0 Å². The lowest BCUT2D eigenvalue weighted by Gasteiger charge is -2.05. The van der Waals surface area contributed by atoms with Crippen LogP contribution in [-0.4, -0.2) is 14.8 Å². The Balaban J connectivity index is 1.70. The Morgan fingerprint density at radius 1 is 1.17 bits per heavy atom. The van der Waals surface area contributed by atoms with E-state index in [1.807, 2.05) is 55.5 Å². The first-order chi connectivity index (χ1) is 11.1. The van der Waals surface area contributed by atoms with Crippen molar-refractivity contribution in [1.29, 1.82) is 0 Å². The van der Waals surface area contributed by atoms with Gasteiger partial charge in [0, 0.05) is 10.7 Å². The predicted octanol–water partition coefficient (Wildman–Crippen LogP) is 3.19. The van der Waals surface area contributed by atoms with E-state index in [-0.39, 0.29) is 5.69 Å². The van der Waals surface area contributed by atoms with Crippen LogP contribution >= 0.6 is 11.6 Å². The SMILES string of the molecule is Cc1ccccc1Cn1nc(CNc2ccc(Cl)cc2)[nH]c1=O. The van der Waals surface area contributed by atoms with Gasteiger partial charge < -0.3 is 5.32 Å². The van der Waals surface area contributed by atoms with Crippen LogP contribution in [0.25, 0.3) is 0 Å². The molecule has 0 spiro atoms. The Morgan fingerprint density at radius 2 is 1.91 bits per heavy atom. The molecule has 118 valence electrons. The Hall–Kier alpha value is -2.53. The highest BCUT2D eigenvalue weighted by Gasteiger charge is 2.07. The maximum Gasteiger partial charge on any atom is 0.343 e. The van der Waals surface area contributed by atoms with Crippen molar-refractivity contribution in [3.63, 3.8) is 0 Å². The highest BCUT2D eigenvalue weighted by molar-refractivity contribution is 6.30. The van der Waals surface area contributed by atoms with Gasteiger partial charge in [-0.2, -0.15) is 5.10 Å². The number of hydrogen-bond donors (Lipinski definition) is 2. The first-order valence-electron chi connectivity index (χ1n) is 7.32. The largest absolute Gasteiger partial charge is 0.378 e. The van der Waals surface area contributed by atoms with Crippen LogP contribution in [0.4, 0.5) is 5.69 Å². The number of aromatic nitrogens is 3. The molecule has 3 rings (SSSR count). The number of rotatable bonds is 5. The van der Waals surface area contributed by atoms with Crippen molar-refractivity contribution in [2.75, 3.05) is 5.32 Å². The van der Waals surface area contributed by atoms with Gasteiger partial charge in [-0.1, -0.05) is 35.9 Å². The minimum absolute atomic E-state index is 0.207. The number of aromatic amines is 1. The molecule has 2 aromatic carbocycles. The van der Waals surface area contributed by atoms with Gasteiger partial charge in [0.05, 0.1) is 13.1 Å². The summed E-state index contributed by atoms with van der Waals surface area (Å²) in [7, 11) is 0. The molecule has 0 fully saturated rings. The summed E-state index contributed by atoms with van der Waals surface area (Å²) in [5.74, 6) is 0.596. The quantitative estimate of drug-likeness (QED) is 0.756. The van der Waals surface area contributed by atoms with Gasteiger partial charge in [0.1, 0.15) is 5.82 Å². The molecule has 2 N–H and O–H groups in total. The molecule has 6 heteroatoms. The molecule has 5 nitrogen and oxygen atoms in total. The molecule has 0 saturated heterocycles. The summed E-state index contributed by atoms with van der Waals surface area (Å²) < 4.78 is 1.45. The number of benzene rings is 2. The van der Waals surface area contributed by atoms with Gasteiger partial charge in [0.2, 0.25) is 0 Å². The normalized spacial score (nSPS) is 10.7. The lowest BCUT2D eigenvalue weighted by Crippen LogP contribution is -2.19. The van der Waals surface area contributed by atoms with E-state index < -0.39 is 0 Å². The van der Waals surface area contributed by atoms with Gasteiger partial charge >= 0.3 is 5.69 Å². The molecule has 0 saturated carbocycles. The van der Waals surface area contributed by atoms with Gasteiger partial charge in [0.25, 0.3) is 0 Å². The molecule has 0 atom stereocenters. The second-order valence-electron chi connectivity index (χ2n) is 5.32. The molecule has 0 unspecified atom stereocenters. The summed E-state index contributed by atoms with van der Waals surface area (Å²) in [4.78, 5) is 14.8. The van der Waals surface area contributed by atoms with E-state index in [9.17, 15) is 4.79 Å². The molecule has 0 aliphatic heterocycles. The van der Waals surface area contributed by atoms with Crippen LogP contribution in [0.5, 0.6) is 0 Å². The second kappa shape index (κ2) is 6.71. The van der Waals surface area contributed by atoms with E-state index in [1.165, 1.54) is 4.68 Å². The van der Waals surface area contributed by atoms with Crippen molar-refractivity contribution in [3.05, 3.63) is 81.0 Å². The van der Waals surface area contributed by atoms with Crippen LogP contribution in [0.3, 0.4) is 0 Å². The molecular formula is C17H17ClN4O. The van der Waals surface area contributed by atoms with Crippen LogP contribution in [0.1, 0.15) is 17.0 Å². The van der Waals surface area contributed by atoms with E-state index in [4.69, 9.17) is 11.6 Å². The van der Waals surface area contributed by atoms with E-state index in [2.05, 4.69) is 15.4 Å². The highest BCUT2D eigenvalue weighted by atomic mass is 35.5. The molecule has 0 aliphatic carbocycles. The standard InChI is InChI=1S/C17H17ClN4O/c1-12-4-2-3-5-13(12)11-22-17(23)20-16(21-22)10-19-15-8-6-14(18)7-9-15/h2-9,19H,10-11H2,1H3,(H,20,21,23). The minimum Gasteiger partial charge on any atom is -0.378 e. The maximum atomic E-state index is 12.0. The van der Waals surface area contributed by atoms with E-state index in [0.29, 0.717) is 23.9 Å². The molecule has 23 heavy (non-hydrogen) atoms. The Morgan fingerprint density at radius 3 is 2.65 bits per heavy atom. The third-order valence-electron chi connectivity index (χ3n) is 3.61. The van der Waals surface area contributed by atoms with Gasteiger partial charge in [-0.05, 0) is 42.3 Å². The fourth-order valence-corrected chi connectivity index (χ4v) is 2.42. The number of nitrogens with zero attached hydrogens (tertiary/aromatic N) is 2. The molecule has 0 aliphatic rings. The first kappa shape index (κ1) is 15.4. The molecular weight excluding hydrogens is 312 g/mol. The van der Waals surface area contributed by atoms with Crippen LogP contribution in [-0.2, 0) is 13.1 Å². The number of H-pyrrole nitrogens is 1. The third-order valence-corrected chi connectivity index (χ3v) is 3.86. The summed E-state index contributed by atoms with van der Waals surface area (Å²) in [5, 5.41) is 8.22. The second-order valence-corrected chi connectivity index (χ2v) is 5.76. The van der Waals surface area contributed by atoms with E-state index in [1.54, 1.807) is 0 Å². The molecule has 3 aromatic rings. The molecule has 0 amide bonds. The summed E-state index contributed by atoms with van der Waals surface area (Å²) in [6.45, 7) is 2.93. The predicted molar refractivity (Wildman–Crippen MR) is 91.9 cm³/mol. The maximum absolute atomic E-state index is 12.0. The Labute approximate surface area is 138 Å². The van der Waals surface area contributed by atoms with Crippen LogP contribution in [0, 0.1) is 6.92 Å². The number of anilines is 1. The van der Waals surface area contributed by atoms with Gasteiger partial charge in [-0.25, -0.2) is 9.48 Å². The zero-order chi connectivity index (χ0) is 16.2. The molecule has 0 radical (unpaired) electrons. The average molecular weight is 329 g/mol. The number of nitrogens with one attached hydrogen (secondary N) is 2. The van der Waals surface area contributed by atoms with Crippen molar-refractivity contribution < 1.29 is 0 Å². The Bertz CT molecular complexity index is 852. The monoisotopic (exact) mass is 328 g/mol. The van der Waals surface area contributed by atoms with Crippen molar-refractivity contribution in [3.8, 4) is 0 Å². The smallest absolute Gasteiger partial charge is 0.343 e. The third kappa shape index (κ3) is 3.81. The molecule has 1 aromatic heterocycles. The van der Waals surface area contributed by atoms with Crippen molar-refractivity contribution in [1.82, 2.24) is 14.8 Å². The van der Waals surface area contributed by atoms with Crippen LogP contribution < -0.4 is 11.0 Å². The molecule has 1 heterocycles. The first-order valence-corrected chi connectivity index (χ1v) is 7.69. The van der Waals surface area contributed by atoms with Gasteiger partial charge in [-0.3, -0.25) is 4.98 Å². The van der Waals surface area contributed by atoms with Crippen molar-refractivity contribution in [2.24, 2.45) is 0 Å². The topological polar surface area (TPSA) is 62.7 Å². The van der Waals surface area contributed by atoms with Crippen molar-refractivity contribution >= 4 is 17.3 Å². The van der Waals surface area contributed by atoms with E-state index in [0.717, 1.165) is 16.8 Å². The summed E-state index contributed by atoms with van der Waals surface area (Å²) in [6.07, 6.45) is 0. The lowest BCUT2D eigenvalue weighted by atomic mass is 10.1. The summed E-state index contributed by atoms with van der Waals surface area (Å²) in [5.41, 5.74) is 2.94. The zero-order valence-electron chi connectivity index (χ0n) is 12.7. The zero-order valence-corrected chi connectivity index (χ0v) is 13.5. The lowest BCUT2D eigenvalue weighted by molar-refractivity contribution is 0.649. The van der Waals surface area contributed by atoms with Gasteiger partial charge in [0.15, 0.2) is 0 Å².